The molecule has 0 aliphatic rings. The summed E-state index contributed by atoms with van der Waals surface area (Å²) in [5.74, 6) is -2.20. The predicted molar refractivity (Wildman–Crippen MR) is 99.6 cm³/mol. The molecule has 0 atom stereocenters. The van der Waals surface area contributed by atoms with Gasteiger partial charge < -0.3 is 25.2 Å². The zero-order valence-corrected chi connectivity index (χ0v) is 15.8. The van der Waals surface area contributed by atoms with Gasteiger partial charge in [0.05, 0.1) is 23.1 Å². The lowest BCUT2D eigenvalue weighted by Crippen LogP contribution is -2.23. The number of benzene rings is 1. The third-order valence-corrected chi connectivity index (χ3v) is 3.96. The van der Waals surface area contributed by atoms with Gasteiger partial charge in [0.2, 0.25) is 5.82 Å². The van der Waals surface area contributed by atoms with Crippen LogP contribution < -0.4 is 15.0 Å². The largest absolute Gasteiger partial charge is 0.481 e. The Kier molecular flexibility index (Phi) is 7.40. The highest BCUT2D eigenvalue weighted by molar-refractivity contribution is 6.37. The van der Waals surface area contributed by atoms with Crippen molar-refractivity contribution in [3.8, 4) is 11.6 Å². The van der Waals surface area contributed by atoms with Gasteiger partial charge in [0.25, 0.3) is 5.88 Å². The highest BCUT2D eigenvalue weighted by Gasteiger charge is 2.19. The number of carboxylic acids is 1. The quantitative estimate of drug-likeness (QED) is 0.570. The van der Waals surface area contributed by atoms with Gasteiger partial charge in [0.15, 0.2) is 11.6 Å². The van der Waals surface area contributed by atoms with Crippen LogP contribution in [-0.2, 0) is 4.79 Å². The van der Waals surface area contributed by atoms with E-state index < -0.39 is 11.8 Å². The summed E-state index contributed by atoms with van der Waals surface area (Å²) in [6.45, 7) is 0.180. The molecule has 0 fully saturated rings. The van der Waals surface area contributed by atoms with Crippen LogP contribution in [0, 0.1) is 5.82 Å². The number of nitrogens with one attached hydrogen (secondary N) is 1. The molecule has 27 heavy (non-hydrogen) atoms. The summed E-state index contributed by atoms with van der Waals surface area (Å²) in [6.07, 6.45) is 1.04. The zero-order valence-electron chi connectivity index (χ0n) is 14.2. The summed E-state index contributed by atoms with van der Waals surface area (Å²) in [4.78, 5) is 19.5. The molecule has 146 valence electrons. The number of aliphatic hydroxyl groups is 1. The summed E-state index contributed by atoms with van der Waals surface area (Å²) in [5, 5.41) is 20.7. The average Bonchev–Trinajstić information content (AvgIpc) is 2.59. The van der Waals surface area contributed by atoms with Crippen molar-refractivity contribution >= 4 is 40.7 Å². The van der Waals surface area contributed by atoms with Crippen molar-refractivity contribution in [2.24, 2.45) is 0 Å². The number of hydrogen-bond acceptors (Lipinski definition) is 7. The number of aliphatic hydroxyl groups excluding tert-OH is 1. The number of aliphatic carboxylic acids is 1. The molecular formula is C16H17Cl2FN4O4. The van der Waals surface area contributed by atoms with Crippen molar-refractivity contribution in [2.75, 3.05) is 37.0 Å². The predicted octanol–water partition coefficient (Wildman–Crippen LogP) is 3.03. The van der Waals surface area contributed by atoms with Crippen molar-refractivity contribution in [3.63, 3.8) is 0 Å². The number of rotatable bonds is 9. The highest BCUT2D eigenvalue weighted by Crippen LogP contribution is 2.39. The van der Waals surface area contributed by atoms with Crippen LogP contribution in [0.3, 0.4) is 0 Å². The number of anilines is 2. The first-order chi connectivity index (χ1) is 12.8. The first-order valence-corrected chi connectivity index (χ1v) is 8.54. The van der Waals surface area contributed by atoms with Gasteiger partial charge in [-0.2, -0.15) is 9.37 Å². The molecule has 2 aromatic rings. The maximum atomic E-state index is 14.6. The maximum absolute atomic E-state index is 14.6. The number of aromatic nitrogens is 2. The van der Waals surface area contributed by atoms with E-state index in [0.717, 1.165) is 6.33 Å². The Labute approximate surface area is 164 Å². The molecule has 1 aromatic carbocycles. The molecule has 0 unspecified atom stereocenters. The molecule has 0 bridgehead atoms. The smallest absolute Gasteiger partial charge is 0.305 e. The number of nitrogens with zero attached hydrogens (tertiary/aromatic N) is 3. The van der Waals surface area contributed by atoms with E-state index in [1.165, 1.54) is 17.0 Å². The Balaban J connectivity index is 2.22. The van der Waals surface area contributed by atoms with Gasteiger partial charge in [-0.15, -0.1) is 0 Å². The number of halogens is 3. The third-order valence-electron chi connectivity index (χ3n) is 3.40. The molecule has 0 saturated heterocycles. The second-order valence-corrected chi connectivity index (χ2v) is 6.22. The van der Waals surface area contributed by atoms with E-state index in [2.05, 4.69) is 15.3 Å². The van der Waals surface area contributed by atoms with Crippen LogP contribution >= 0.6 is 23.2 Å². The minimum Gasteiger partial charge on any atom is -0.481 e. The molecular weight excluding hydrogens is 402 g/mol. The molecule has 1 aromatic heterocycles. The van der Waals surface area contributed by atoms with Crippen molar-refractivity contribution in [2.45, 2.75) is 6.42 Å². The van der Waals surface area contributed by atoms with E-state index in [0.29, 0.717) is 5.69 Å². The summed E-state index contributed by atoms with van der Waals surface area (Å²) in [7, 11) is 1.56. The van der Waals surface area contributed by atoms with Crippen LogP contribution in [0.4, 0.5) is 15.9 Å². The van der Waals surface area contributed by atoms with Gasteiger partial charge in [-0.3, -0.25) is 4.79 Å². The molecule has 3 N–H and O–H groups in total. The molecule has 0 aliphatic heterocycles. The Morgan fingerprint density at radius 2 is 2.00 bits per heavy atom. The van der Waals surface area contributed by atoms with E-state index in [4.69, 9.17) is 38.2 Å². The minimum atomic E-state index is -0.944. The molecule has 0 spiro atoms. The van der Waals surface area contributed by atoms with Crippen molar-refractivity contribution in [1.29, 1.82) is 0 Å². The molecule has 2 rings (SSSR count). The van der Waals surface area contributed by atoms with E-state index in [9.17, 15) is 9.18 Å². The summed E-state index contributed by atoms with van der Waals surface area (Å²) in [5.41, 5.74) is 0.491. The summed E-state index contributed by atoms with van der Waals surface area (Å²) < 4.78 is 20.0. The number of carboxylic acid groups (broad SMARTS) is 1. The van der Waals surface area contributed by atoms with Gasteiger partial charge in [0.1, 0.15) is 6.33 Å². The SMILES string of the molecule is CN(CCO)c1ncnc(Oc2c(Cl)cc(NCCC(=O)O)cc2Cl)c1F. The van der Waals surface area contributed by atoms with Gasteiger partial charge in [-0.05, 0) is 12.1 Å². The molecule has 0 aliphatic carbocycles. The number of likely N-dealkylation sites (N-methyl/N-ethyl adjacent to an activating group) is 1. The maximum Gasteiger partial charge on any atom is 0.305 e. The Bertz CT molecular complexity index is 802. The fourth-order valence-corrected chi connectivity index (χ4v) is 2.67. The highest BCUT2D eigenvalue weighted by atomic mass is 35.5. The van der Waals surface area contributed by atoms with Gasteiger partial charge in [-0.1, -0.05) is 23.2 Å². The van der Waals surface area contributed by atoms with Crippen molar-refractivity contribution in [1.82, 2.24) is 9.97 Å². The van der Waals surface area contributed by atoms with E-state index >= 15 is 0 Å². The molecule has 0 radical (unpaired) electrons. The fourth-order valence-electron chi connectivity index (χ4n) is 2.11. The van der Waals surface area contributed by atoms with Crippen LogP contribution in [0.2, 0.25) is 10.0 Å². The van der Waals surface area contributed by atoms with Crippen molar-refractivity contribution < 1.29 is 24.1 Å². The number of hydrogen-bond donors (Lipinski definition) is 3. The van der Waals surface area contributed by atoms with E-state index in [1.807, 2.05) is 0 Å². The zero-order chi connectivity index (χ0) is 20.0. The topological polar surface area (TPSA) is 108 Å². The summed E-state index contributed by atoms with van der Waals surface area (Å²) in [6, 6.07) is 2.95. The molecule has 11 heteroatoms. The first-order valence-electron chi connectivity index (χ1n) is 7.78. The third kappa shape index (κ3) is 5.56. The van der Waals surface area contributed by atoms with Gasteiger partial charge >= 0.3 is 5.97 Å². The van der Waals surface area contributed by atoms with Crippen LogP contribution in [-0.4, -0.2) is 52.9 Å². The molecule has 1 heterocycles. The van der Waals surface area contributed by atoms with Crippen LogP contribution in [0.1, 0.15) is 6.42 Å². The van der Waals surface area contributed by atoms with Crippen LogP contribution in [0.25, 0.3) is 0 Å². The van der Waals surface area contributed by atoms with Gasteiger partial charge in [0, 0.05) is 25.8 Å². The summed E-state index contributed by atoms with van der Waals surface area (Å²) >= 11 is 12.3. The first kappa shape index (κ1) is 20.9. The Morgan fingerprint density at radius 3 is 2.59 bits per heavy atom. The van der Waals surface area contributed by atoms with Crippen LogP contribution in [0.15, 0.2) is 18.5 Å². The van der Waals surface area contributed by atoms with Gasteiger partial charge in [-0.25, -0.2) is 4.98 Å². The average molecular weight is 419 g/mol. The molecule has 8 nitrogen and oxygen atoms in total. The van der Waals surface area contributed by atoms with Crippen molar-refractivity contribution in [3.05, 3.63) is 34.3 Å². The monoisotopic (exact) mass is 418 g/mol. The second-order valence-electron chi connectivity index (χ2n) is 5.40. The standard InChI is InChI=1S/C16H17Cl2FN4O4/c1-23(4-5-24)15-13(19)16(22-8-21-15)27-14-10(17)6-9(7-11(14)18)20-3-2-12(25)26/h6-8,20,24H,2-5H2,1H3,(H,25,26). The number of ether oxygens (including phenoxy) is 1. The Hall–Kier alpha value is -2.36. The lowest BCUT2D eigenvalue weighted by atomic mass is 10.3. The number of carbonyl (C=O) groups is 1. The Morgan fingerprint density at radius 1 is 1.33 bits per heavy atom. The minimum absolute atomic E-state index is 0.00419. The lowest BCUT2D eigenvalue weighted by molar-refractivity contribution is -0.136. The normalized spacial score (nSPS) is 10.6. The molecule has 0 saturated carbocycles. The van der Waals surface area contributed by atoms with E-state index in [1.54, 1.807) is 7.05 Å². The van der Waals surface area contributed by atoms with E-state index in [-0.39, 0.29) is 53.6 Å². The van der Waals surface area contributed by atoms with Crippen LogP contribution in [0.5, 0.6) is 11.6 Å². The second kappa shape index (κ2) is 9.54. The molecule has 0 amide bonds. The fraction of sp³-hybridized carbons (Fsp3) is 0.312. The lowest BCUT2D eigenvalue weighted by Gasteiger charge is -2.18.